The van der Waals surface area contributed by atoms with Gasteiger partial charge in [-0.25, -0.2) is 4.98 Å². The molecule has 3 rings (SSSR count). The number of hydrogen-bond donors (Lipinski definition) is 2. The third-order valence-electron chi connectivity index (χ3n) is 4.13. The fraction of sp³-hybridized carbons (Fsp3) is 0.571. The summed E-state index contributed by atoms with van der Waals surface area (Å²) in [6.07, 6.45) is 2.03. The number of nitrogens with one attached hydrogen (secondary N) is 1. The van der Waals surface area contributed by atoms with Gasteiger partial charge in [0.2, 0.25) is 5.91 Å². The minimum atomic E-state index is 0.123. The molecule has 2 saturated heterocycles. The molecule has 5 heteroatoms. The van der Waals surface area contributed by atoms with E-state index in [1.54, 1.807) is 0 Å². The van der Waals surface area contributed by atoms with Crippen LogP contribution < -0.4 is 16.0 Å². The van der Waals surface area contributed by atoms with Gasteiger partial charge in [-0.2, -0.15) is 0 Å². The Hall–Kier alpha value is -1.62. The summed E-state index contributed by atoms with van der Waals surface area (Å²) in [4.78, 5) is 18.7. The summed E-state index contributed by atoms with van der Waals surface area (Å²) in [5.41, 5.74) is 7.82. The first-order valence-corrected chi connectivity index (χ1v) is 6.91. The summed E-state index contributed by atoms with van der Waals surface area (Å²) in [6, 6.07) is 4.32. The molecule has 102 valence electrons. The molecule has 1 aromatic heterocycles. The van der Waals surface area contributed by atoms with Crippen LogP contribution in [0.25, 0.3) is 0 Å². The lowest BCUT2D eigenvalue weighted by Crippen LogP contribution is -2.46. The van der Waals surface area contributed by atoms with Crippen molar-refractivity contribution in [2.24, 2.45) is 11.7 Å². The highest BCUT2D eigenvalue weighted by Crippen LogP contribution is 2.31. The predicted molar refractivity (Wildman–Crippen MR) is 73.7 cm³/mol. The molecule has 2 unspecified atom stereocenters. The number of aryl methyl sites for hydroxylation is 1. The van der Waals surface area contributed by atoms with E-state index in [-0.39, 0.29) is 17.9 Å². The Balaban J connectivity index is 1.92. The van der Waals surface area contributed by atoms with E-state index in [9.17, 15) is 4.79 Å². The number of carbonyl (C=O) groups excluding carboxylic acids is 1. The summed E-state index contributed by atoms with van der Waals surface area (Å²) in [7, 11) is 0. The van der Waals surface area contributed by atoms with Gasteiger partial charge >= 0.3 is 0 Å². The zero-order chi connectivity index (χ0) is 13.4. The minimum Gasteiger partial charge on any atom is -0.354 e. The molecule has 2 fully saturated rings. The van der Waals surface area contributed by atoms with E-state index in [2.05, 4.69) is 21.3 Å². The molecule has 2 aliphatic rings. The fourth-order valence-corrected chi connectivity index (χ4v) is 3.22. The Labute approximate surface area is 113 Å². The lowest BCUT2D eigenvalue weighted by molar-refractivity contribution is -0.122. The van der Waals surface area contributed by atoms with Crippen LogP contribution in [0.5, 0.6) is 0 Å². The van der Waals surface area contributed by atoms with Crippen LogP contribution in [0.15, 0.2) is 12.1 Å². The number of piperidine rings is 1. The van der Waals surface area contributed by atoms with Gasteiger partial charge in [-0.3, -0.25) is 4.79 Å². The predicted octanol–water partition coefficient (Wildman–Crippen LogP) is 0.564. The zero-order valence-electron chi connectivity index (χ0n) is 11.2. The highest BCUT2D eigenvalue weighted by molar-refractivity contribution is 5.83. The van der Waals surface area contributed by atoms with Crippen LogP contribution in [0.4, 0.5) is 5.82 Å². The van der Waals surface area contributed by atoms with Crippen molar-refractivity contribution in [3.05, 3.63) is 23.4 Å². The van der Waals surface area contributed by atoms with Gasteiger partial charge in [-0.05, 0) is 37.5 Å². The summed E-state index contributed by atoms with van der Waals surface area (Å²) in [5, 5.41) is 2.97. The number of hydrogen-bond acceptors (Lipinski definition) is 4. The maximum absolute atomic E-state index is 11.8. The fourth-order valence-electron chi connectivity index (χ4n) is 3.22. The number of nitrogens with two attached hydrogens (primary N) is 1. The maximum atomic E-state index is 11.8. The molecule has 2 atom stereocenters. The van der Waals surface area contributed by atoms with Crippen LogP contribution in [-0.4, -0.2) is 30.0 Å². The Kier molecular flexibility index (Phi) is 3.14. The van der Waals surface area contributed by atoms with Crippen molar-refractivity contribution in [1.82, 2.24) is 10.3 Å². The number of nitrogens with zero attached hydrogens (tertiary/aromatic N) is 2. The monoisotopic (exact) mass is 260 g/mol. The number of amides is 1. The van der Waals surface area contributed by atoms with E-state index in [1.165, 1.54) is 0 Å². The summed E-state index contributed by atoms with van der Waals surface area (Å²) in [5.74, 6) is 1.28. The topological polar surface area (TPSA) is 71.2 Å². The second kappa shape index (κ2) is 4.81. The SMILES string of the molecule is Cc1cc(CN)cc(N2CCCC3C(=O)NCC32)n1. The highest BCUT2D eigenvalue weighted by atomic mass is 16.2. The molecule has 0 bridgehead atoms. The van der Waals surface area contributed by atoms with Gasteiger partial charge in [-0.15, -0.1) is 0 Å². The lowest BCUT2D eigenvalue weighted by atomic mass is 9.91. The van der Waals surface area contributed by atoms with E-state index in [1.807, 2.05) is 13.0 Å². The second-order valence-corrected chi connectivity index (χ2v) is 5.43. The molecule has 0 saturated carbocycles. The van der Waals surface area contributed by atoms with Crippen LogP contribution in [0.1, 0.15) is 24.1 Å². The van der Waals surface area contributed by atoms with Gasteiger partial charge in [0.1, 0.15) is 5.82 Å². The zero-order valence-corrected chi connectivity index (χ0v) is 11.2. The van der Waals surface area contributed by atoms with Crippen LogP contribution in [-0.2, 0) is 11.3 Å². The molecule has 0 radical (unpaired) electrons. The first-order chi connectivity index (χ1) is 9.19. The largest absolute Gasteiger partial charge is 0.354 e. The molecule has 3 heterocycles. The average Bonchev–Trinajstić information content (AvgIpc) is 2.80. The molecule has 0 spiro atoms. The minimum absolute atomic E-state index is 0.123. The molecule has 5 nitrogen and oxygen atoms in total. The molecular formula is C14H20N4O. The highest BCUT2D eigenvalue weighted by Gasteiger charge is 2.41. The number of anilines is 1. The van der Waals surface area contributed by atoms with Crippen molar-refractivity contribution >= 4 is 11.7 Å². The van der Waals surface area contributed by atoms with E-state index in [0.29, 0.717) is 6.54 Å². The Morgan fingerprint density at radius 3 is 3.16 bits per heavy atom. The molecule has 2 aliphatic heterocycles. The van der Waals surface area contributed by atoms with E-state index in [0.717, 1.165) is 43.0 Å². The van der Waals surface area contributed by atoms with Gasteiger partial charge in [-0.1, -0.05) is 0 Å². The molecule has 0 aromatic carbocycles. The number of fused-ring (bicyclic) bond motifs is 1. The molecule has 0 aliphatic carbocycles. The maximum Gasteiger partial charge on any atom is 0.225 e. The van der Waals surface area contributed by atoms with E-state index in [4.69, 9.17) is 5.73 Å². The molecule has 1 aromatic rings. The third kappa shape index (κ3) is 2.18. The van der Waals surface area contributed by atoms with E-state index < -0.39 is 0 Å². The van der Waals surface area contributed by atoms with Crippen molar-refractivity contribution in [3.63, 3.8) is 0 Å². The van der Waals surface area contributed by atoms with Gasteiger partial charge in [0.15, 0.2) is 0 Å². The van der Waals surface area contributed by atoms with E-state index >= 15 is 0 Å². The van der Waals surface area contributed by atoms with Gasteiger partial charge in [0, 0.05) is 25.3 Å². The van der Waals surface area contributed by atoms with Gasteiger partial charge in [0.05, 0.1) is 12.0 Å². The van der Waals surface area contributed by atoms with Crippen molar-refractivity contribution in [1.29, 1.82) is 0 Å². The normalized spacial score (nSPS) is 26.2. The number of carbonyl (C=O) groups is 1. The average molecular weight is 260 g/mol. The first kappa shape index (κ1) is 12.4. The van der Waals surface area contributed by atoms with Crippen LogP contribution >= 0.6 is 0 Å². The molecule has 3 N–H and O–H groups in total. The van der Waals surface area contributed by atoms with Gasteiger partial charge < -0.3 is 16.0 Å². The summed E-state index contributed by atoms with van der Waals surface area (Å²) < 4.78 is 0. The number of rotatable bonds is 2. The standard InChI is InChI=1S/C14H20N4O/c1-9-5-10(7-15)6-13(17-9)18-4-2-3-11-12(18)8-16-14(11)19/h5-6,11-12H,2-4,7-8,15H2,1H3,(H,16,19). The van der Waals surface area contributed by atoms with Crippen molar-refractivity contribution in [3.8, 4) is 0 Å². The third-order valence-corrected chi connectivity index (χ3v) is 4.13. The first-order valence-electron chi connectivity index (χ1n) is 6.91. The van der Waals surface area contributed by atoms with Crippen LogP contribution in [0.2, 0.25) is 0 Å². The smallest absolute Gasteiger partial charge is 0.225 e. The van der Waals surface area contributed by atoms with Crippen molar-refractivity contribution < 1.29 is 4.79 Å². The van der Waals surface area contributed by atoms with Crippen molar-refractivity contribution in [2.75, 3.05) is 18.0 Å². The Morgan fingerprint density at radius 1 is 1.53 bits per heavy atom. The molecule has 1 amide bonds. The Morgan fingerprint density at radius 2 is 2.37 bits per heavy atom. The van der Waals surface area contributed by atoms with Crippen molar-refractivity contribution in [2.45, 2.75) is 32.4 Å². The van der Waals surface area contributed by atoms with Crippen LogP contribution in [0, 0.1) is 12.8 Å². The number of pyridine rings is 1. The summed E-state index contributed by atoms with van der Waals surface area (Å²) in [6.45, 7) is 4.21. The lowest BCUT2D eigenvalue weighted by Gasteiger charge is -2.37. The molecule has 19 heavy (non-hydrogen) atoms. The second-order valence-electron chi connectivity index (χ2n) is 5.43. The van der Waals surface area contributed by atoms with Crippen LogP contribution in [0.3, 0.4) is 0 Å². The molecular weight excluding hydrogens is 240 g/mol. The summed E-state index contributed by atoms with van der Waals surface area (Å²) >= 11 is 0. The quantitative estimate of drug-likeness (QED) is 0.815. The number of aromatic nitrogens is 1. The Bertz CT molecular complexity index is 502. The van der Waals surface area contributed by atoms with Gasteiger partial charge in [0.25, 0.3) is 0 Å².